The van der Waals surface area contributed by atoms with Gasteiger partial charge in [-0.3, -0.25) is 29.4 Å². The summed E-state index contributed by atoms with van der Waals surface area (Å²) in [6.45, 7) is 15.5. The van der Waals surface area contributed by atoms with Crippen LogP contribution in [0.25, 0.3) is 0 Å². The Bertz CT molecular complexity index is 1790. The van der Waals surface area contributed by atoms with Crippen LogP contribution in [-0.4, -0.2) is 234 Å². The van der Waals surface area contributed by atoms with Gasteiger partial charge in [-0.05, 0) is 93.5 Å². The van der Waals surface area contributed by atoms with Crippen molar-refractivity contribution in [3.63, 3.8) is 0 Å². The average molecular weight is 1230 g/mol. The summed E-state index contributed by atoms with van der Waals surface area (Å²) in [7, 11) is 4.07. The number of aliphatic hydroxyl groups is 4. The number of hydrogen-bond acceptors (Lipinski definition) is 29. The SMILES string of the molecule is C=C=N.CC(C)(C=O)N=NC(C)(C)C(=O)NCCO.CC(O)C(=O)OC(C)C(=O)OCCOC(=O)C(C)OC(=O)C(C)O.COCCCCCC(=O)OCCOCCOC(=O)CCCCCO.NC(CSSCC(N)C(=O)O)C(=O)O.O. The Kier molecular flexibility index (Phi) is 59.6. The third kappa shape index (κ3) is 57.5. The molecule has 0 aromatic carbocycles. The maximum atomic E-state index is 11.6. The molecule has 6 atom stereocenters. The van der Waals surface area contributed by atoms with Crippen molar-refractivity contribution >= 4 is 87.4 Å². The van der Waals surface area contributed by atoms with E-state index in [1.807, 2.05) is 0 Å². The Labute approximate surface area is 485 Å². The van der Waals surface area contributed by atoms with E-state index in [9.17, 15) is 47.9 Å². The molecule has 31 nitrogen and oxygen atoms in total. The fourth-order valence-corrected chi connectivity index (χ4v) is 6.41. The number of hydrogen-bond donors (Lipinski definition) is 10. The number of amides is 1. The van der Waals surface area contributed by atoms with Crippen molar-refractivity contribution in [1.82, 2.24) is 5.32 Å². The molecule has 33 heteroatoms. The highest BCUT2D eigenvalue weighted by Gasteiger charge is 2.29. The number of carboxylic acid groups (broad SMARTS) is 2. The highest BCUT2D eigenvalue weighted by molar-refractivity contribution is 8.76. The van der Waals surface area contributed by atoms with Crippen molar-refractivity contribution in [3.8, 4) is 0 Å². The molecule has 0 fully saturated rings. The summed E-state index contributed by atoms with van der Waals surface area (Å²) < 4.78 is 38.8. The molecule has 0 heterocycles. The van der Waals surface area contributed by atoms with Gasteiger partial charge >= 0.3 is 47.8 Å². The summed E-state index contributed by atoms with van der Waals surface area (Å²) in [5.41, 5.74) is 8.46. The maximum Gasteiger partial charge on any atom is 0.347 e. The summed E-state index contributed by atoms with van der Waals surface area (Å²) in [5, 5.41) is 67.9. The number of ether oxygens (including phenoxy) is 8. The van der Waals surface area contributed by atoms with Crippen LogP contribution in [0.3, 0.4) is 0 Å². The van der Waals surface area contributed by atoms with E-state index in [0.29, 0.717) is 32.2 Å². The van der Waals surface area contributed by atoms with E-state index in [4.69, 9.17) is 75.9 Å². The van der Waals surface area contributed by atoms with Crippen LogP contribution >= 0.6 is 21.6 Å². The first kappa shape index (κ1) is 87.5. The Hall–Kier alpha value is -5.71. The van der Waals surface area contributed by atoms with E-state index in [2.05, 4.69) is 31.6 Å². The number of rotatable bonds is 39. The lowest BCUT2D eigenvalue weighted by Crippen LogP contribution is -2.42. The Morgan fingerprint density at radius 1 is 0.634 bits per heavy atom. The second kappa shape index (κ2) is 55.8. The van der Waals surface area contributed by atoms with Crippen LogP contribution in [0, 0.1) is 5.41 Å². The third-order valence-electron chi connectivity index (χ3n) is 8.77. The molecule has 0 bridgehead atoms. The van der Waals surface area contributed by atoms with Crippen LogP contribution in [0.1, 0.15) is 107 Å². The molecule has 0 spiro atoms. The van der Waals surface area contributed by atoms with E-state index in [0.717, 1.165) is 38.7 Å². The summed E-state index contributed by atoms with van der Waals surface area (Å²) in [6.07, 6.45) is 1.21. The van der Waals surface area contributed by atoms with Crippen LogP contribution in [0.5, 0.6) is 0 Å². The summed E-state index contributed by atoms with van der Waals surface area (Å²) in [5.74, 6) is -4.45. The number of methoxy groups -OCH3 is 1. The number of aliphatic hydroxyl groups excluding tert-OH is 4. The molecule has 0 aliphatic heterocycles. The number of aldehydes is 1. The fraction of sp³-hybridized carbons (Fsp3) is 0.755. The van der Waals surface area contributed by atoms with Crippen molar-refractivity contribution in [1.29, 1.82) is 5.41 Å². The van der Waals surface area contributed by atoms with E-state index < -0.39 is 83.4 Å². The Balaban J connectivity index is -0.000000235. The van der Waals surface area contributed by atoms with Gasteiger partial charge in [-0.15, -0.1) is 0 Å². The molecule has 6 unspecified atom stereocenters. The lowest BCUT2D eigenvalue weighted by molar-refractivity contribution is -0.175. The third-order valence-corrected chi connectivity index (χ3v) is 11.2. The summed E-state index contributed by atoms with van der Waals surface area (Å²) in [4.78, 5) is 111. The van der Waals surface area contributed by atoms with Gasteiger partial charge < -0.3 is 95.6 Å². The minimum atomic E-state index is -1.37. The van der Waals surface area contributed by atoms with Crippen molar-refractivity contribution in [3.05, 3.63) is 6.58 Å². The second-order valence-corrected chi connectivity index (χ2v) is 19.9. The van der Waals surface area contributed by atoms with Crippen molar-refractivity contribution < 1.29 is 122 Å². The minimum absolute atomic E-state index is 0. The van der Waals surface area contributed by atoms with Gasteiger partial charge in [-0.1, -0.05) is 34.4 Å². The minimum Gasteiger partial charge on any atom is -0.480 e. The molecule has 0 saturated heterocycles. The van der Waals surface area contributed by atoms with Crippen LogP contribution in [0.4, 0.5) is 0 Å². The Morgan fingerprint density at radius 2 is 1.02 bits per heavy atom. The first-order chi connectivity index (χ1) is 37.9. The number of carboxylic acids is 2. The van der Waals surface area contributed by atoms with E-state index in [1.165, 1.54) is 49.3 Å². The maximum absolute atomic E-state index is 11.6. The molecule has 0 saturated carbocycles. The molecule has 0 radical (unpaired) electrons. The number of esters is 6. The quantitative estimate of drug-likeness (QED) is 0.00714. The van der Waals surface area contributed by atoms with E-state index in [1.54, 1.807) is 40.7 Å². The topological polar surface area (TPSA) is 510 Å². The second-order valence-electron chi connectivity index (χ2n) is 17.4. The van der Waals surface area contributed by atoms with Crippen LogP contribution in [-0.2, 0) is 85.8 Å². The molecule has 14 N–H and O–H groups in total. The van der Waals surface area contributed by atoms with Gasteiger partial charge in [0.1, 0.15) is 62.5 Å². The molecule has 0 aliphatic rings. The number of carbonyl (C=O) groups is 10. The lowest BCUT2D eigenvalue weighted by Gasteiger charge is -2.19. The molecule has 1 amide bonds. The highest BCUT2D eigenvalue weighted by Crippen LogP contribution is 2.22. The van der Waals surface area contributed by atoms with E-state index in [-0.39, 0.29) is 87.6 Å². The van der Waals surface area contributed by atoms with Crippen LogP contribution in [0.15, 0.2) is 16.8 Å². The zero-order valence-corrected chi connectivity index (χ0v) is 49.9. The molecular formula is C49H90N6O25S2. The van der Waals surface area contributed by atoms with Crippen molar-refractivity contribution in [2.75, 3.05) is 84.6 Å². The molecule has 82 heavy (non-hydrogen) atoms. The van der Waals surface area contributed by atoms with Gasteiger partial charge in [0, 0.05) is 51.2 Å². The summed E-state index contributed by atoms with van der Waals surface area (Å²) >= 11 is 0. The lowest BCUT2D eigenvalue weighted by atomic mass is 10.1. The van der Waals surface area contributed by atoms with Crippen molar-refractivity contribution in [2.24, 2.45) is 21.7 Å². The number of carbonyl (C=O) groups excluding carboxylic acids is 8. The summed E-state index contributed by atoms with van der Waals surface area (Å²) in [6, 6.07) is -1.85. The van der Waals surface area contributed by atoms with Gasteiger partial charge in [-0.25, -0.2) is 19.2 Å². The fourth-order valence-electron chi connectivity index (χ4n) is 4.18. The Morgan fingerprint density at radius 3 is 1.37 bits per heavy atom. The smallest absolute Gasteiger partial charge is 0.347 e. The number of nitrogens with one attached hydrogen (secondary N) is 2. The average Bonchev–Trinajstić information content (AvgIpc) is 3.41. The normalized spacial score (nSPS) is 12.7. The van der Waals surface area contributed by atoms with Gasteiger partial charge in [0.15, 0.2) is 17.7 Å². The van der Waals surface area contributed by atoms with Gasteiger partial charge in [0.2, 0.25) is 5.91 Å². The van der Waals surface area contributed by atoms with Gasteiger partial charge in [0.05, 0.1) is 19.8 Å². The number of azo groups is 1. The molecule has 0 aromatic rings. The largest absolute Gasteiger partial charge is 0.480 e. The molecular weight excluding hydrogens is 1140 g/mol. The zero-order valence-electron chi connectivity index (χ0n) is 48.3. The van der Waals surface area contributed by atoms with E-state index >= 15 is 0 Å². The number of nitrogens with zero attached hydrogens (tertiary/aromatic N) is 2. The molecule has 0 rings (SSSR count). The highest BCUT2D eigenvalue weighted by atomic mass is 33.1. The number of unbranched alkanes of at least 4 members (excludes halogenated alkanes) is 4. The standard InChI is InChI=1S/C17H32O7.C14H22O10.C10H19N3O3.C6H12N2O4S2.C2H3N.H2O/c1-21-11-7-3-5-9-17(20)24-15-13-22-12-14-23-16(19)8-4-2-6-10-18;1-7(15)11(17)23-9(3)13(19)21-5-6-22-14(20)10(4)24-12(18)8(2)16;1-9(2,7-15)12-13-10(3,4)8(16)11-5-6-14;7-3(5(9)10)1-13-14-2-4(8)6(11)12;1-2-3;/h18H,2-15H2,1H3;7-10,15-16H,5-6H2,1-4H3;7,14H,5-6H2,1-4H3,(H,11,16);3-4H,1-2,7-8H2,(H,9,10)(H,11,12);3H,1H2;1H2. The molecule has 0 aliphatic carbocycles. The monoisotopic (exact) mass is 1230 g/mol. The van der Waals surface area contributed by atoms with Crippen LogP contribution in [0.2, 0.25) is 0 Å². The number of nitrogens with two attached hydrogens (primary N) is 2. The molecule has 478 valence electrons. The molecule has 0 aromatic heterocycles. The van der Waals surface area contributed by atoms with Crippen molar-refractivity contribution in [2.45, 2.75) is 154 Å². The first-order valence-electron chi connectivity index (χ1n) is 25.2. The van der Waals surface area contributed by atoms with Crippen LogP contribution < -0.4 is 16.8 Å². The predicted molar refractivity (Wildman–Crippen MR) is 297 cm³/mol. The predicted octanol–water partition coefficient (Wildman–Crippen LogP) is -0.362. The zero-order chi connectivity index (χ0) is 63.4. The van der Waals surface area contributed by atoms with Gasteiger partial charge in [-0.2, -0.15) is 10.2 Å². The number of aliphatic carboxylic acids is 2. The first-order valence-corrected chi connectivity index (χ1v) is 27.7. The van der Waals surface area contributed by atoms with Gasteiger partial charge in [0.25, 0.3) is 0 Å².